The van der Waals surface area contributed by atoms with E-state index in [1.54, 1.807) is 0 Å². The van der Waals surface area contributed by atoms with Crippen molar-refractivity contribution in [2.24, 2.45) is 0 Å². The van der Waals surface area contributed by atoms with Gasteiger partial charge in [0.1, 0.15) is 6.04 Å². The number of amides is 2. The van der Waals surface area contributed by atoms with Gasteiger partial charge in [-0.2, -0.15) is 0 Å². The number of hydrogen-bond acceptors (Lipinski definition) is 3. The maximum atomic E-state index is 12.3. The third-order valence-electron chi connectivity index (χ3n) is 4.11. The summed E-state index contributed by atoms with van der Waals surface area (Å²) in [5.41, 5.74) is -0.300. The molecule has 2 atom stereocenters. The minimum Gasteiger partial charge on any atom is -0.480 e. The molecule has 1 saturated heterocycles. The normalized spacial score (nSPS) is 23.5. The van der Waals surface area contributed by atoms with Crippen molar-refractivity contribution in [1.82, 2.24) is 10.2 Å². The van der Waals surface area contributed by atoms with Crippen LogP contribution >= 0.6 is 0 Å². The number of rotatable bonds is 5. The highest BCUT2D eigenvalue weighted by Crippen LogP contribution is 2.22. The Morgan fingerprint density at radius 1 is 1.42 bits per heavy atom. The van der Waals surface area contributed by atoms with Crippen LogP contribution in [0.1, 0.15) is 40.0 Å². The zero-order valence-electron chi connectivity index (χ0n) is 12.1. The number of carboxylic acid groups (broad SMARTS) is 1. The lowest BCUT2D eigenvalue weighted by molar-refractivity contribution is -0.141. The molecule has 1 fully saturated rings. The van der Waals surface area contributed by atoms with Crippen molar-refractivity contribution in [3.05, 3.63) is 0 Å². The van der Waals surface area contributed by atoms with Crippen molar-refractivity contribution in [3.63, 3.8) is 0 Å². The Balaban J connectivity index is 2.77. The molecule has 2 N–H and O–H groups in total. The zero-order valence-corrected chi connectivity index (χ0v) is 12.1. The summed E-state index contributed by atoms with van der Waals surface area (Å²) in [6, 6.07) is -1.12. The lowest BCUT2D eigenvalue weighted by atomic mass is 9.96. The number of nitrogens with one attached hydrogen (secondary N) is 1. The van der Waals surface area contributed by atoms with Crippen LogP contribution in [0.3, 0.4) is 0 Å². The van der Waals surface area contributed by atoms with Crippen LogP contribution < -0.4 is 5.32 Å². The molecule has 1 aliphatic heterocycles. The molecular formula is C13H24N2O4. The molecule has 19 heavy (non-hydrogen) atoms. The van der Waals surface area contributed by atoms with Crippen LogP contribution in [0.25, 0.3) is 0 Å². The number of hydrogen-bond donors (Lipinski definition) is 2. The van der Waals surface area contributed by atoms with Crippen molar-refractivity contribution in [2.45, 2.75) is 57.7 Å². The maximum absolute atomic E-state index is 12.3. The highest BCUT2D eigenvalue weighted by atomic mass is 16.5. The summed E-state index contributed by atoms with van der Waals surface area (Å²) in [6.45, 7) is 6.29. The molecule has 0 spiro atoms. The molecule has 0 aromatic heterocycles. The quantitative estimate of drug-likeness (QED) is 0.794. The van der Waals surface area contributed by atoms with Gasteiger partial charge in [0.15, 0.2) is 0 Å². The van der Waals surface area contributed by atoms with Crippen LogP contribution in [-0.4, -0.2) is 53.3 Å². The predicted octanol–water partition coefficient (Wildman–Crippen LogP) is 1.45. The van der Waals surface area contributed by atoms with Crippen molar-refractivity contribution in [1.29, 1.82) is 0 Å². The van der Waals surface area contributed by atoms with E-state index < -0.39 is 12.0 Å². The second kappa shape index (κ2) is 6.23. The second-order valence-corrected chi connectivity index (χ2v) is 5.30. The van der Waals surface area contributed by atoms with E-state index in [1.807, 2.05) is 20.8 Å². The molecule has 2 unspecified atom stereocenters. The molecule has 2 amide bonds. The number of aliphatic carboxylic acids is 1. The van der Waals surface area contributed by atoms with Crippen molar-refractivity contribution >= 4 is 12.0 Å². The maximum Gasteiger partial charge on any atom is 0.326 e. The molecule has 0 bridgehead atoms. The number of carbonyl (C=O) groups is 2. The van der Waals surface area contributed by atoms with E-state index in [9.17, 15) is 14.7 Å². The van der Waals surface area contributed by atoms with Gasteiger partial charge >= 0.3 is 12.0 Å². The van der Waals surface area contributed by atoms with Gasteiger partial charge in [-0.25, -0.2) is 9.59 Å². The van der Waals surface area contributed by atoms with Gasteiger partial charge in [-0.15, -0.1) is 0 Å². The van der Waals surface area contributed by atoms with Crippen LogP contribution in [0.15, 0.2) is 0 Å². The van der Waals surface area contributed by atoms with Crippen molar-refractivity contribution < 1.29 is 19.4 Å². The largest absolute Gasteiger partial charge is 0.480 e. The minimum atomic E-state index is -0.982. The highest BCUT2D eigenvalue weighted by molar-refractivity contribution is 5.83. The Kier molecular flexibility index (Phi) is 5.17. The van der Waals surface area contributed by atoms with E-state index in [0.29, 0.717) is 13.0 Å². The number of carbonyl (C=O) groups excluding carboxylic acids is 1. The number of likely N-dealkylation sites (tertiary alicyclic amines) is 1. The molecular weight excluding hydrogens is 248 g/mol. The summed E-state index contributed by atoms with van der Waals surface area (Å²) in [5, 5.41) is 12.1. The van der Waals surface area contributed by atoms with Gasteiger partial charge in [0, 0.05) is 25.6 Å². The summed E-state index contributed by atoms with van der Waals surface area (Å²) < 4.78 is 5.17. The van der Waals surface area contributed by atoms with E-state index in [0.717, 1.165) is 12.8 Å². The Hall–Kier alpha value is -1.30. The lowest BCUT2D eigenvalue weighted by Gasteiger charge is -2.32. The molecule has 0 saturated carbocycles. The minimum absolute atomic E-state index is 0.207. The SMILES string of the molecule is CCC(C)(CC)NC(=O)N1CC(OC)CC1C(=O)O. The van der Waals surface area contributed by atoms with Gasteiger partial charge in [-0.05, 0) is 19.8 Å². The Labute approximate surface area is 114 Å². The van der Waals surface area contributed by atoms with Crippen LogP contribution in [0.2, 0.25) is 0 Å². The second-order valence-electron chi connectivity index (χ2n) is 5.30. The first kappa shape index (κ1) is 15.8. The van der Waals surface area contributed by atoms with Crippen LogP contribution in [0.4, 0.5) is 4.79 Å². The van der Waals surface area contributed by atoms with Crippen LogP contribution in [0, 0.1) is 0 Å². The van der Waals surface area contributed by atoms with Gasteiger partial charge in [-0.1, -0.05) is 13.8 Å². The molecule has 1 aliphatic rings. The monoisotopic (exact) mass is 272 g/mol. The standard InChI is InChI=1S/C13H24N2O4/c1-5-13(3,6-2)14-12(18)15-8-9(19-4)7-10(15)11(16)17/h9-10H,5-8H2,1-4H3,(H,14,18)(H,16,17). The first-order valence-electron chi connectivity index (χ1n) is 6.71. The fourth-order valence-electron chi connectivity index (χ4n) is 2.18. The van der Waals surface area contributed by atoms with E-state index >= 15 is 0 Å². The van der Waals surface area contributed by atoms with Gasteiger partial charge < -0.3 is 20.1 Å². The van der Waals surface area contributed by atoms with Gasteiger partial charge in [0.2, 0.25) is 0 Å². The fraction of sp³-hybridized carbons (Fsp3) is 0.846. The number of nitrogens with zero attached hydrogens (tertiary/aromatic N) is 1. The lowest BCUT2D eigenvalue weighted by Crippen LogP contribution is -2.53. The molecule has 0 aliphatic carbocycles. The third-order valence-corrected chi connectivity index (χ3v) is 4.11. The van der Waals surface area contributed by atoms with Crippen LogP contribution in [-0.2, 0) is 9.53 Å². The molecule has 1 rings (SSSR count). The van der Waals surface area contributed by atoms with Gasteiger partial charge in [-0.3, -0.25) is 0 Å². The number of methoxy groups -OCH3 is 1. The molecule has 0 aromatic carbocycles. The van der Waals surface area contributed by atoms with E-state index in [4.69, 9.17) is 4.74 Å². The number of urea groups is 1. The predicted molar refractivity (Wildman–Crippen MR) is 71.1 cm³/mol. The molecule has 110 valence electrons. The fourth-order valence-corrected chi connectivity index (χ4v) is 2.18. The summed E-state index contributed by atoms with van der Waals surface area (Å²) in [4.78, 5) is 24.8. The van der Waals surface area contributed by atoms with Gasteiger partial charge in [0.05, 0.1) is 6.10 Å². The average Bonchev–Trinajstić information content (AvgIpc) is 2.83. The summed E-state index contributed by atoms with van der Waals surface area (Å²) in [5.74, 6) is -0.982. The summed E-state index contributed by atoms with van der Waals surface area (Å²) in [6.07, 6.45) is 1.73. The molecule has 0 radical (unpaired) electrons. The van der Waals surface area contributed by atoms with E-state index in [2.05, 4.69) is 5.32 Å². The number of ether oxygens (including phenoxy) is 1. The molecule has 0 aromatic rings. The smallest absolute Gasteiger partial charge is 0.326 e. The summed E-state index contributed by atoms with van der Waals surface area (Å²) >= 11 is 0. The van der Waals surface area contributed by atoms with E-state index in [-0.39, 0.29) is 17.7 Å². The van der Waals surface area contributed by atoms with E-state index in [1.165, 1.54) is 12.0 Å². The van der Waals surface area contributed by atoms with Crippen LogP contribution in [0.5, 0.6) is 0 Å². The Morgan fingerprint density at radius 3 is 2.42 bits per heavy atom. The first-order chi connectivity index (χ1) is 8.86. The molecule has 1 heterocycles. The first-order valence-corrected chi connectivity index (χ1v) is 6.71. The van der Waals surface area contributed by atoms with Crippen molar-refractivity contribution in [3.8, 4) is 0 Å². The Morgan fingerprint density at radius 2 is 2.00 bits per heavy atom. The molecule has 6 heteroatoms. The average molecular weight is 272 g/mol. The highest BCUT2D eigenvalue weighted by Gasteiger charge is 2.41. The topological polar surface area (TPSA) is 78.9 Å². The Bertz CT molecular complexity index is 342. The molecule has 6 nitrogen and oxygen atoms in total. The van der Waals surface area contributed by atoms with Gasteiger partial charge in [0.25, 0.3) is 0 Å². The zero-order chi connectivity index (χ0) is 14.6. The number of carboxylic acids is 1. The van der Waals surface area contributed by atoms with Crippen molar-refractivity contribution in [2.75, 3.05) is 13.7 Å². The third kappa shape index (κ3) is 3.59. The summed E-state index contributed by atoms with van der Waals surface area (Å²) in [7, 11) is 1.53.